The zero-order valence-corrected chi connectivity index (χ0v) is 17.5. The number of fused-ring (bicyclic) bond motifs is 1. The summed E-state index contributed by atoms with van der Waals surface area (Å²) in [5.41, 5.74) is 9.83. The van der Waals surface area contributed by atoms with E-state index in [-0.39, 0.29) is 6.04 Å². The van der Waals surface area contributed by atoms with Crippen molar-refractivity contribution in [2.45, 2.75) is 52.0 Å². The number of nitrogen functional groups attached to an aromatic ring is 1. The summed E-state index contributed by atoms with van der Waals surface area (Å²) in [6.07, 6.45) is 4.69. The number of rotatable bonds is 5. The van der Waals surface area contributed by atoms with Gasteiger partial charge in [-0.05, 0) is 45.6 Å². The Kier molecular flexibility index (Phi) is 5.05. The van der Waals surface area contributed by atoms with Crippen molar-refractivity contribution < 1.29 is 4.74 Å². The minimum Gasteiger partial charge on any atom is -0.495 e. The van der Waals surface area contributed by atoms with Crippen LogP contribution in [0.5, 0.6) is 5.75 Å². The maximum absolute atomic E-state index is 7.66. The number of aromatic nitrogens is 4. The van der Waals surface area contributed by atoms with E-state index >= 15 is 0 Å². The molecule has 1 aromatic carbocycles. The highest BCUT2D eigenvalue weighted by Crippen LogP contribution is 2.51. The first kappa shape index (κ1) is 19.5. The van der Waals surface area contributed by atoms with Crippen LogP contribution in [0.15, 0.2) is 12.4 Å². The summed E-state index contributed by atoms with van der Waals surface area (Å²) in [4.78, 5) is 12.2. The van der Waals surface area contributed by atoms with Crippen molar-refractivity contribution in [1.29, 1.82) is 0 Å². The molecule has 7 nitrogen and oxygen atoms in total. The van der Waals surface area contributed by atoms with Crippen LogP contribution in [0.2, 0.25) is 5.02 Å². The van der Waals surface area contributed by atoms with Crippen LogP contribution in [-0.2, 0) is 0 Å². The van der Waals surface area contributed by atoms with Gasteiger partial charge in [0.15, 0.2) is 5.65 Å². The van der Waals surface area contributed by atoms with Crippen LogP contribution in [0.3, 0.4) is 0 Å². The van der Waals surface area contributed by atoms with Gasteiger partial charge in [0.05, 0.1) is 30.3 Å². The number of hydrogen-bond donors (Lipinski definition) is 1. The molecule has 2 N–H and O–H groups in total. The normalized spacial score (nSPS) is 15.1. The summed E-state index contributed by atoms with van der Waals surface area (Å²) in [5.74, 6) is 1.47. The predicted octanol–water partition coefficient (Wildman–Crippen LogP) is 5.20. The highest BCUT2D eigenvalue weighted by atomic mass is 35.5. The third-order valence-corrected chi connectivity index (χ3v) is 5.98. The number of halogens is 1. The van der Waals surface area contributed by atoms with Crippen LogP contribution in [-0.4, -0.2) is 26.4 Å². The van der Waals surface area contributed by atoms with Gasteiger partial charge < -0.3 is 10.5 Å². The second kappa shape index (κ2) is 7.53. The average molecular weight is 411 g/mol. The SMILES string of the molecule is [C-]#[N+]c1c(Cl)cc(C(C)n2nc(C)c3c(N)ncnc32)c(OCC)c1C1CCC1. The molecule has 1 unspecified atom stereocenters. The topological polar surface area (TPSA) is 83.2 Å². The van der Waals surface area contributed by atoms with Crippen LogP contribution < -0.4 is 10.5 Å². The van der Waals surface area contributed by atoms with Gasteiger partial charge in [-0.1, -0.05) is 18.0 Å². The Morgan fingerprint density at radius 2 is 2.17 bits per heavy atom. The maximum Gasteiger partial charge on any atom is 0.212 e. The molecule has 0 aliphatic heterocycles. The third-order valence-electron chi connectivity index (χ3n) is 5.69. The lowest BCUT2D eigenvalue weighted by molar-refractivity contribution is 0.316. The number of nitrogens with zero attached hydrogens (tertiary/aromatic N) is 5. The van der Waals surface area contributed by atoms with Crippen molar-refractivity contribution in [2.75, 3.05) is 12.3 Å². The van der Waals surface area contributed by atoms with Crippen molar-refractivity contribution in [2.24, 2.45) is 0 Å². The van der Waals surface area contributed by atoms with Crippen molar-refractivity contribution in [3.05, 3.63) is 45.7 Å². The Labute approximate surface area is 174 Å². The third kappa shape index (κ3) is 3.08. The molecule has 4 rings (SSSR count). The highest BCUT2D eigenvalue weighted by Gasteiger charge is 2.31. The molecule has 0 saturated heterocycles. The van der Waals surface area contributed by atoms with E-state index in [1.54, 1.807) is 0 Å². The molecule has 0 spiro atoms. The average Bonchev–Trinajstić information content (AvgIpc) is 3.00. The van der Waals surface area contributed by atoms with Gasteiger partial charge in [0.2, 0.25) is 5.69 Å². The van der Waals surface area contributed by atoms with Gasteiger partial charge >= 0.3 is 0 Å². The van der Waals surface area contributed by atoms with E-state index in [4.69, 9.17) is 28.6 Å². The fourth-order valence-electron chi connectivity index (χ4n) is 4.04. The van der Waals surface area contributed by atoms with Crippen LogP contribution in [0.25, 0.3) is 15.9 Å². The second-order valence-corrected chi connectivity index (χ2v) is 7.78. The monoisotopic (exact) mass is 410 g/mol. The molecule has 1 atom stereocenters. The van der Waals surface area contributed by atoms with Crippen molar-refractivity contribution in [3.63, 3.8) is 0 Å². The first-order valence-electron chi connectivity index (χ1n) is 9.79. The Balaban J connectivity index is 1.94. The largest absolute Gasteiger partial charge is 0.495 e. The standard InChI is InChI=1S/C21H23ClN6O/c1-5-29-19-14(9-15(22)18(24-4)17(19)13-7-6-8-13)12(3)28-21-16(11(2)27-28)20(23)25-10-26-21/h9-10,12-13H,5-8H2,1-3H3,(H2,23,25,26). The Morgan fingerprint density at radius 1 is 1.41 bits per heavy atom. The van der Waals surface area contributed by atoms with Gasteiger partial charge in [0.1, 0.15) is 17.9 Å². The van der Waals surface area contributed by atoms with Crippen molar-refractivity contribution in [3.8, 4) is 5.75 Å². The van der Waals surface area contributed by atoms with Crippen molar-refractivity contribution >= 4 is 34.1 Å². The minimum atomic E-state index is -0.210. The Hall–Kier alpha value is -2.85. The summed E-state index contributed by atoms with van der Waals surface area (Å²) < 4.78 is 7.94. The summed E-state index contributed by atoms with van der Waals surface area (Å²) in [7, 11) is 0. The second-order valence-electron chi connectivity index (χ2n) is 7.38. The highest BCUT2D eigenvalue weighted by molar-refractivity contribution is 6.33. The van der Waals surface area contributed by atoms with Gasteiger partial charge in [0, 0.05) is 16.1 Å². The lowest BCUT2D eigenvalue weighted by Gasteiger charge is -2.31. The van der Waals surface area contributed by atoms with Gasteiger partial charge in [-0.3, -0.25) is 0 Å². The molecule has 1 fully saturated rings. The van der Waals surface area contributed by atoms with E-state index < -0.39 is 0 Å². The fourth-order valence-corrected chi connectivity index (χ4v) is 4.30. The molecule has 29 heavy (non-hydrogen) atoms. The molecule has 0 bridgehead atoms. The smallest absolute Gasteiger partial charge is 0.212 e. The van der Waals surface area contributed by atoms with Gasteiger partial charge in [-0.25, -0.2) is 19.5 Å². The molecule has 1 saturated carbocycles. The first-order chi connectivity index (χ1) is 14.0. The number of anilines is 1. The summed E-state index contributed by atoms with van der Waals surface area (Å²) in [6.45, 7) is 14.0. The quantitative estimate of drug-likeness (QED) is 0.584. The van der Waals surface area contributed by atoms with E-state index in [9.17, 15) is 0 Å². The molecule has 8 heteroatoms. The van der Waals surface area contributed by atoms with Gasteiger partial charge in [0.25, 0.3) is 0 Å². The molecule has 2 heterocycles. The maximum atomic E-state index is 7.66. The molecule has 3 aromatic rings. The van der Waals surface area contributed by atoms with E-state index in [2.05, 4.69) is 19.9 Å². The van der Waals surface area contributed by atoms with E-state index in [1.165, 1.54) is 6.33 Å². The molecule has 0 amide bonds. The molecule has 1 aliphatic carbocycles. The van der Waals surface area contributed by atoms with Crippen molar-refractivity contribution in [1.82, 2.24) is 19.7 Å². The number of aryl methyl sites for hydroxylation is 1. The number of benzene rings is 1. The number of ether oxygens (including phenoxy) is 1. The van der Waals surface area contributed by atoms with E-state index in [1.807, 2.05) is 31.5 Å². The van der Waals surface area contributed by atoms with Crippen LogP contribution in [0.4, 0.5) is 11.5 Å². The summed E-state index contributed by atoms with van der Waals surface area (Å²) >= 11 is 6.57. The predicted molar refractivity (Wildman–Crippen MR) is 114 cm³/mol. The Bertz CT molecular complexity index is 1130. The Morgan fingerprint density at radius 3 is 2.79 bits per heavy atom. The van der Waals surface area contributed by atoms with Crippen LogP contribution >= 0.6 is 11.6 Å². The fraction of sp³-hybridized carbons (Fsp3) is 0.429. The minimum absolute atomic E-state index is 0.210. The van der Waals surface area contributed by atoms with E-state index in [0.717, 1.165) is 47.2 Å². The van der Waals surface area contributed by atoms with Gasteiger partial charge in [-0.2, -0.15) is 5.10 Å². The lowest BCUT2D eigenvalue weighted by Crippen LogP contribution is -2.16. The first-order valence-corrected chi connectivity index (χ1v) is 10.2. The molecular formula is C21H23ClN6O. The number of nitrogens with two attached hydrogens (primary N) is 1. The summed E-state index contributed by atoms with van der Waals surface area (Å²) in [5, 5.41) is 5.89. The van der Waals surface area contributed by atoms with Crippen LogP contribution in [0.1, 0.15) is 61.9 Å². The zero-order valence-electron chi connectivity index (χ0n) is 16.7. The summed E-state index contributed by atoms with van der Waals surface area (Å²) in [6, 6.07) is 1.62. The molecule has 2 aromatic heterocycles. The van der Waals surface area contributed by atoms with Crippen LogP contribution in [0, 0.1) is 13.5 Å². The number of hydrogen-bond acceptors (Lipinski definition) is 5. The van der Waals surface area contributed by atoms with E-state index in [0.29, 0.717) is 34.7 Å². The zero-order chi connectivity index (χ0) is 20.7. The molecule has 0 radical (unpaired) electrons. The lowest BCUT2D eigenvalue weighted by atomic mass is 9.78. The molecule has 1 aliphatic rings. The molecular weight excluding hydrogens is 388 g/mol. The van der Waals surface area contributed by atoms with Gasteiger partial charge in [-0.15, -0.1) is 0 Å². The molecule has 150 valence electrons.